The molecule has 0 spiro atoms. The highest BCUT2D eigenvalue weighted by molar-refractivity contribution is 6.30. The van der Waals surface area contributed by atoms with Crippen LogP contribution in [0.15, 0.2) is 59.7 Å². The van der Waals surface area contributed by atoms with Gasteiger partial charge in [-0.3, -0.25) is 18.9 Å². The first-order valence-corrected chi connectivity index (χ1v) is 14.3. The van der Waals surface area contributed by atoms with E-state index in [1.165, 1.54) is 0 Å². The Bertz CT molecular complexity index is 1580. The molecule has 1 N–H and O–H groups in total. The summed E-state index contributed by atoms with van der Waals surface area (Å²) in [7, 11) is 0. The van der Waals surface area contributed by atoms with Crippen LogP contribution >= 0.6 is 11.6 Å². The van der Waals surface area contributed by atoms with Gasteiger partial charge in [-0.1, -0.05) is 23.7 Å². The molecule has 2 fully saturated rings. The maximum Gasteiger partial charge on any atom is 0.333 e. The second-order valence-electron chi connectivity index (χ2n) is 10.7. The molecule has 9 nitrogen and oxygen atoms in total. The molecule has 0 atom stereocenters. The number of halogens is 1. The summed E-state index contributed by atoms with van der Waals surface area (Å²) < 4.78 is 9.20. The van der Waals surface area contributed by atoms with E-state index in [1.54, 1.807) is 23.0 Å². The molecule has 1 aliphatic heterocycles. The molecule has 1 aromatic carbocycles. The van der Waals surface area contributed by atoms with Crippen LogP contribution < -0.4 is 15.9 Å². The van der Waals surface area contributed by atoms with Crippen molar-refractivity contribution < 1.29 is 9.53 Å². The second kappa shape index (κ2) is 11.4. The summed E-state index contributed by atoms with van der Waals surface area (Å²) in [6.45, 7) is 5.37. The SMILES string of the molecule is Cc1ncc(Cl)cc1C(=O)NC1CCC(Cn2c(=O)n(-c3ccnc(N4CCOCC4)c3)c3ccccc32)CC1. The summed E-state index contributed by atoms with van der Waals surface area (Å²) >= 11 is 6.06. The van der Waals surface area contributed by atoms with E-state index in [0.717, 1.165) is 61.3 Å². The lowest BCUT2D eigenvalue weighted by Crippen LogP contribution is -2.39. The number of aromatic nitrogens is 4. The number of benzene rings is 1. The predicted molar refractivity (Wildman–Crippen MR) is 156 cm³/mol. The fourth-order valence-corrected chi connectivity index (χ4v) is 6.05. The first-order valence-electron chi connectivity index (χ1n) is 13.9. The van der Waals surface area contributed by atoms with Crippen molar-refractivity contribution in [2.75, 3.05) is 31.2 Å². The molecule has 4 heterocycles. The highest BCUT2D eigenvalue weighted by Crippen LogP contribution is 2.28. The van der Waals surface area contributed by atoms with Gasteiger partial charge in [0.25, 0.3) is 5.91 Å². The van der Waals surface area contributed by atoms with Crippen LogP contribution in [0.4, 0.5) is 5.82 Å². The van der Waals surface area contributed by atoms with Crippen molar-refractivity contribution in [2.24, 2.45) is 5.92 Å². The fraction of sp³-hybridized carbons (Fsp3) is 0.400. The third kappa shape index (κ3) is 5.36. The molecule has 2 aliphatic rings. The number of aryl methyl sites for hydroxylation is 1. The average Bonchev–Trinajstić information content (AvgIpc) is 3.26. The van der Waals surface area contributed by atoms with Crippen LogP contribution in [0.5, 0.6) is 0 Å². The molecule has 1 saturated carbocycles. The number of rotatable bonds is 6. The van der Waals surface area contributed by atoms with Crippen LogP contribution in [0, 0.1) is 12.8 Å². The maximum absolute atomic E-state index is 13.9. The quantitative estimate of drug-likeness (QED) is 0.376. The van der Waals surface area contributed by atoms with Crippen LogP contribution in [-0.2, 0) is 11.3 Å². The number of pyridine rings is 2. The standard InChI is InChI=1S/C30H33ClN6O3/c1-20-25(16-22(31)18-33-20)29(38)34-23-8-6-21(7-9-23)19-36-26-4-2-3-5-27(26)37(30(36)39)24-10-11-32-28(17-24)35-12-14-40-15-13-35/h2-5,10-11,16-18,21,23H,6-9,12-15,19H2,1H3,(H,34,38). The van der Waals surface area contributed by atoms with Crippen LogP contribution in [-0.4, -0.2) is 57.4 Å². The van der Waals surface area contributed by atoms with Gasteiger partial charge >= 0.3 is 5.69 Å². The molecule has 1 saturated heterocycles. The van der Waals surface area contributed by atoms with E-state index in [9.17, 15) is 9.59 Å². The first kappa shape index (κ1) is 26.5. The van der Waals surface area contributed by atoms with E-state index in [2.05, 4.69) is 20.2 Å². The van der Waals surface area contributed by atoms with E-state index < -0.39 is 0 Å². The molecule has 0 radical (unpaired) electrons. The molecular formula is C30H33ClN6O3. The summed E-state index contributed by atoms with van der Waals surface area (Å²) in [6.07, 6.45) is 6.92. The monoisotopic (exact) mass is 560 g/mol. The lowest BCUT2D eigenvalue weighted by molar-refractivity contribution is 0.0919. The largest absolute Gasteiger partial charge is 0.378 e. The van der Waals surface area contributed by atoms with Gasteiger partial charge in [0.15, 0.2) is 0 Å². The number of anilines is 1. The number of carbonyl (C=O) groups excluding carboxylic acids is 1. The Balaban J connectivity index is 1.18. The number of para-hydroxylation sites is 2. The van der Waals surface area contributed by atoms with Crippen molar-refractivity contribution in [3.63, 3.8) is 0 Å². The smallest absolute Gasteiger partial charge is 0.333 e. The molecule has 0 unspecified atom stereocenters. The zero-order valence-corrected chi connectivity index (χ0v) is 23.3. The molecular weight excluding hydrogens is 528 g/mol. The van der Waals surface area contributed by atoms with Gasteiger partial charge in [0.1, 0.15) is 5.82 Å². The Morgan fingerprint density at radius 3 is 2.58 bits per heavy atom. The van der Waals surface area contributed by atoms with Crippen molar-refractivity contribution in [3.8, 4) is 5.69 Å². The topological polar surface area (TPSA) is 94.3 Å². The van der Waals surface area contributed by atoms with Gasteiger partial charge in [0.2, 0.25) is 0 Å². The van der Waals surface area contributed by atoms with Crippen LogP contribution in [0.1, 0.15) is 41.7 Å². The molecule has 3 aromatic heterocycles. The van der Waals surface area contributed by atoms with Crippen LogP contribution in [0.2, 0.25) is 5.02 Å². The van der Waals surface area contributed by atoms with Crippen molar-refractivity contribution in [1.29, 1.82) is 0 Å². The normalized spacial score (nSPS) is 19.6. The molecule has 1 amide bonds. The van der Waals surface area contributed by atoms with Gasteiger partial charge in [-0.2, -0.15) is 0 Å². The van der Waals surface area contributed by atoms with Crippen molar-refractivity contribution in [2.45, 2.75) is 45.2 Å². The Morgan fingerprint density at radius 2 is 1.80 bits per heavy atom. The number of fused-ring (bicyclic) bond motifs is 1. The van der Waals surface area contributed by atoms with E-state index >= 15 is 0 Å². The number of amides is 1. The average molecular weight is 561 g/mol. The molecule has 4 aromatic rings. The Labute approximate surface area is 237 Å². The van der Waals surface area contributed by atoms with Gasteiger partial charge in [0.05, 0.1) is 46.2 Å². The molecule has 0 bridgehead atoms. The van der Waals surface area contributed by atoms with Gasteiger partial charge in [-0.25, -0.2) is 9.78 Å². The van der Waals surface area contributed by atoms with Gasteiger partial charge in [0, 0.05) is 44.1 Å². The van der Waals surface area contributed by atoms with E-state index in [4.69, 9.17) is 16.3 Å². The highest BCUT2D eigenvalue weighted by Gasteiger charge is 2.26. The summed E-state index contributed by atoms with van der Waals surface area (Å²) in [5, 5.41) is 3.61. The van der Waals surface area contributed by atoms with E-state index in [1.807, 2.05) is 47.9 Å². The Morgan fingerprint density at radius 1 is 1.05 bits per heavy atom. The number of nitrogens with one attached hydrogen (secondary N) is 1. The van der Waals surface area contributed by atoms with E-state index in [-0.39, 0.29) is 17.6 Å². The number of ether oxygens (including phenoxy) is 1. The Hall–Kier alpha value is -3.69. The lowest BCUT2D eigenvalue weighted by Gasteiger charge is -2.29. The number of nitrogens with zero attached hydrogens (tertiary/aromatic N) is 5. The van der Waals surface area contributed by atoms with Gasteiger partial charge < -0.3 is 15.0 Å². The number of carbonyl (C=O) groups is 1. The van der Waals surface area contributed by atoms with Crippen molar-refractivity contribution in [1.82, 2.24) is 24.4 Å². The molecule has 10 heteroatoms. The minimum Gasteiger partial charge on any atom is -0.378 e. The molecule has 208 valence electrons. The van der Waals surface area contributed by atoms with E-state index in [0.29, 0.717) is 42.0 Å². The van der Waals surface area contributed by atoms with Gasteiger partial charge in [-0.05, 0) is 62.8 Å². The molecule has 1 aliphatic carbocycles. The van der Waals surface area contributed by atoms with Gasteiger partial charge in [-0.15, -0.1) is 0 Å². The third-order valence-electron chi connectivity index (χ3n) is 8.08. The Kier molecular flexibility index (Phi) is 7.58. The lowest BCUT2D eigenvalue weighted by atomic mass is 9.85. The summed E-state index contributed by atoms with van der Waals surface area (Å²) in [5.41, 5.74) is 3.77. The number of morpholine rings is 1. The van der Waals surface area contributed by atoms with Crippen LogP contribution in [0.25, 0.3) is 16.7 Å². The summed E-state index contributed by atoms with van der Waals surface area (Å²) in [4.78, 5) is 37.7. The minimum atomic E-state index is -0.135. The predicted octanol–water partition coefficient (Wildman–Crippen LogP) is 4.37. The summed E-state index contributed by atoms with van der Waals surface area (Å²) in [6, 6.07) is 13.6. The number of imidazole rings is 1. The zero-order chi connectivity index (χ0) is 27.6. The number of hydrogen-bond acceptors (Lipinski definition) is 6. The molecule has 6 rings (SSSR count). The first-order chi connectivity index (χ1) is 19.5. The zero-order valence-electron chi connectivity index (χ0n) is 22.6. The third-order valence-corrected chi connectivity index (χ3v) is 8.29. The van der Waals surface area contributed by atoms with Crippen molar-refractivity contribution >= 4 is 34.4 Å². The maximum atomic E-state index is 13.9. The fourth-order valence-electron chi connectivity index (χ4n) is 5.89. The van der Waals surface area contributed by atoms with Crippen molar-refractivity contribution in [3.05, 3.63) is 81.6 Å². The second-order valence-corrected chi connectivity index (χ2v) is 11.1. The van der Waals surface area contributed by atoms with Crippen LogP contribution in [0.3, 0.4) is 0 Å². The summed E-state index contributed by atoms with van der Waals surface area (Å²) in [5.74, 6) is 1.07. The minimum absolute atomic E-state index is 0.0420. The highest BCUT2D eigenvalue weighted by atomic mass is 35.5. The molecule has 40 heavy (non-hydrogen) atoms. The number of hydrogen-bond donors (Lipinski definition) is 1.